The maximum atomic E-state index is 5.53. The van der Waals surface area contributed by atoms with E-state index in [9.17, 15) is 0 Å². The van der Waals surface area contributed by atoms with E-state index in [4.69, 9.17) is 9.47 Å². The second kappa shape index (κ2) is 8.01. The molecule has 1 rings (SSSR count). The molecule has 0 aromatic heterocycles. The minimum Gasteiger partial charge on any atom is -0.385 e. The third-order valence-corrected chi connectivity index (χ3v) is 3.10. The molecule has 0 amide bonds. The molecule has 0 aliphatic carbocycles. The number of hydrogen-bond donors (Lipinski definition) is 1. The molecular weight excluding hydrogens is 204 g/mol. The van der Waals surface area contributed by atoms with Gasteiger partial charge in [0.25, 0.3) is 0 Å². The van der Waals surface area contributed by atoms with Crippen LogP contribution in [0.25, 0.3) is 0 Å². The van der Waals surface area contributed by atoms with Gasteiger partial charge in [-0.2, -0.15) is 0 Å². The summed E-state index contributed by atoms with van der Waals surface area (Å²) < 4.78 is 10.6. The van der Waals surface area contributed by atoms with Crippen LogP contribution in [0.1, 0.15) is 13.3 Å². The first-order valence-corrected chi connectivity index (χ1v) is 6.26. The minimum atomic E-state index is 0.537. The first-order valence-electron chi connectivity index (χ1n) is 6.26. The normalized spacial score (nSPS) is 25.5. The molecule has 0 aromatic carbocycles. The maximum absolute atomic E-state index is 5.53. The predicted molar refractivity (Wildman–Crippen MR) is 65.8 cm³/mol. The molecule has 1 heterocycles. The van der Waals surface area contributed by atoms with Gasteiger partial charge in [-0.1, -0.05) is 6.92 Å². The van der Waals surface area contributed by atoms with Gasteiger partial charge >= 0.3 is 0 Å². The van der Waals surface area contributed by atoms with Gasteiger partial charge in [0.2, 0.25) is 0 Å². The Kier molecular flexibility index (Phi) is 6.96. The van der Waals surface area contributed by atoms with Crippen molar-refractivity contribution in [2.75, 3.05) is 53.6 Å². The number of nitrogens with zero attached hydrogens (tertiary/aromatic N) is 1. The molecule has 1 aliphatic rings. The van der Waals surface area contributed by atoms with Crippen molar-refractivity contribution in [2.24, 2.45) is 5.92 Å². The van der Waals surface area contributed by atoms with E-state index in [1.165, 1.54) is 0 Å². The van der Waals surface area contributed by atoms with Crippen LogP contribution in [-0.4, -0.2) is 64.6 Å². The van der Waals surface area contributed by atoms with Crippen LogP contribution >= 0.6 is 0 Å². The molecule has 1 N–H and O–H groups in total. The zero-order valence-corrected chi connectivity index (χ0v) is 10.9. The topological polar surface area (TPSA) is 33.7 Å². The van der Waals surface area contributed by atoms with E-state index < -0.39 is 0 Å². The van der Waals surface area contributed by atoms with E-state index in [-0.39, 0.29) is 0 Å². The summed E-state index contributed by atoms with van der Waals surface area (Å²) in [7, 11) is 3.93. The van der Waals surface area contributed by atoms with Gasteiger partial charge in [-0.05, 0) is 20.0 Å². The zero-order valence-electron chi connectivity index (χ0n) is 10.9. The predicted octanol–water partition coefficient (Wildman–Crippen LogP) is 0.579. The van der Waals surface area contributed by atoms with Gasteiger partial charge in [0.15, 0.2) is 0 Å². The molecule has 16 heavy (non-hydrogen) atoms. The quantitative estimate of drug-likeness (QED) is 0.619. The first kappa shape index (κ1) is 13.9. The molecule has 4 nitrogen and oxygen atoms in total. The number of rotatable bonds is 8. The van der Waals surface area contributed by atoms with Crippen molar-refractivity contribution in [3.05, 3.63) is 0 Å². The van der Waals surface area contributed by atoms with Gasteiger partial charge < -0.3 is 19.7 Å². The van der Waals surface area contributed by atoms with E-state index in [0.29, 0.717) is 12.0 Å². The Labute approximate surface area is 99.3 Å². The van der Waals surface area contributed by atoms with Crippen LogP contribution < -0.4 is 5.32 Å². The number of ether oxygens (including phenoxy) is 2. The Bertz CT molecular complexity index is 178. The van der Waals surface area contributed by atoms with E-state index in [0.717, 1.165) is 45.9 Å². The first-order chi connectivity index (χ1) is 7.77. The Balaban J connectivity index is 2.18. The highest BCUT2D eigenvalue weighted by atomic mass is 16.5. The van der Waals surface area contributed by atoms with E-state index >= 15 is 0 Å². The Hall–Kier alpha value is -0.160. The number of hydrogen-bond acceptors (Lipinski definition) is 4. The van der Waals surface area contributed by atoms with E-state index in [2.05, 4.69) is 24.2 Å². The molecule has 1 saturated heterocycles. The number of nitrogens with one attached hydrogen (secondary N) is 1. The average molecular weight is 230 g/mol. The van der Waals surface area contributed by atoms with Crippen LogP contribution in [0.2, 0.25) is 0 Å². The molecule has 2 atom stereocenters. The van der Waals surface area contributed by atoms with Crippen molar-refractivity contribution >= 4 is 0 Å². The SMILES string of the molecule is CCNC1COCC1CN(C)CCCOC. The smallest absolute Gasteiger partial charge is 0.0623 e. The summed E-state index contributed by atoms with van der Waals surface area (Å²) in [5.74, 6) is 0.632. The third kappa shape index (κ3) is 4.78. The molecule has 1 aliphatic heterocycles. The third-order valence-electron chi connectivity index (χ3n) is 3.10. The molecule has 0 aromatic rings. The number of likely N-dealkylation sites (N-methyl/N-ethyl adjacent to an activating group) is 1. The summed E-state index contributed by atoms with van der Waals surface area (Å²) >= 11 is 0. The van der Waals surface area contributed by atoms with Gasteiger partial charge in [-0.15, -0.1) is 0 Å². The minimum absolute atomic E-state index is 0.537. The fraction of sp³-hybridized carbons (Fsp3) is 1.00. The molecule has 1 fully saturated rings. The lowest BCUT2D eigenvalue weighted by Crippen LogP contribution is -2.41. The van der Waals surface area contributed by atoms with Gasteiger partial charge in [0.1, 0.15) is 0 Å². The van der Waals surface area contributed by atoms with Crippen molar-refractivity contribution in [2.45, 2.75) is 19.4 Å². The van der Waals surface area contributed by atoms with Crippen LogP contribution in [0.15, 0.2) is 0 Å². The summed E-state index contributed by atoms with van der Waals surface area (Å²) in [5.41, 5.74) is 0. The van der Waals surface area contributed by atoms with Gasteiger partial charge in [-0.25, -0.2) is 0 Å². The fourth-order valence-corrected chi connectivity index (χ4v) is 2.24. The van der Waals surface area contributed by atoms with Crippen LogP contribution in [0.4, 0.5) is 0 Å². The average Bonchev–Trinajstić information content (AvgIpc) is 2.67. The Morgan fingerprint density at radius 3 is 2.94 bits per heavy atom. The maximum Gasteiger partial charge on any atom is 0.0623 e. The highest BCUT2D eigenvalue weighted by Gasteiger charge is 2.27. The molecule has 0 bridgehead atoms. The van der Waals surface area contributed by atoms with Crippen LogP contribution in [0.3, 0.4) is 0 Å². The van der Waals surface area contributed by atoms with Crippen molar-refractivity contribution < 1.29 is 9.47 Å². The van der Waals surface area contributed by atoms with Crippen LogP contribution in [0, 0.1) is 5.92 Å². The van der Waals surface area contributed by atoms with Crippen molar-refractivity contribution in [1.82, 2.24) is 10.2 Å². The number of methoxy groups -OCH3 is 1. The zero-order chi connectivity index (χ0) is 11.8. The molecule has 2 unspecified atom stereocenters. The lowest BCUT2D eigenvalue weighted by molar-refractivity contribution is 0.160. The second-order valence-electron chi connectivity index (χ2n) is 4.57. The van der Waals surface area contributed by atoms with Crippen LogP contribution in [-0.2, 0) is 9.47 Å². The van der Waals surface area contributed by atoms with Crippen LogP contribution in [0.5, 0.6) is 0 Å². The summed E-state index contributed by atoms with van der Waals surface area (Å²) in [6.07, 6.45) is 1.10. The Morgan fingerprint density at radius 1 is 1.44 bits per heavy atom. The monoisotopic (exact) mass is 230 g/mol. The lowest BCUT2D eigenvalue weighted by Gasteiger charge is -2.24. The highest BCUT2D eigenvalue weighted by molar-refractivity contribution is 4.82. The summed E-state index contributed by atoms with van der Waals surface area (Å²) in [6.45, 7) is 8.00. The van der Waals surface area contributed by atoms with E-state index in [1.54, 1.807) is 7.11 Å². The van der Waals surface area contributed by atoms with Crippen molar-refractivity contribution in [3.63, 3.8) is 0 Å². The fourth-order valence-electron chi connectivity index (χ4n) is 2.24. The van der Waals surface area contributed by atoms with Gasteiger partial charge in [-0.3, -0.25) is 0 Å². The molecule has 4 heteroatoms. The summed E-state index contributed by atoms with van der Waals surface area (Å²) in [5, 5.41) is 3.49. The van der Waals surface area contributed by atoms with Gasteiger partial charge in [0.05, 0.1) is 13.2 Å². The Morgan fingerprint density at radius 2 is 2.25 bits per heavy atom. The molecule has 0 spiro atoms. The van der Waals surface area contributed by atoms with Crippen molar-refractivity contribution in [3.8, 4) is 0 Å². The largest absolute Gasteiger partial charge is 0.385 e. The lowest BCUT2D eigenvalue weighted by atomic mass is 10.0. The summed E-state index contributed by atoms with van der Waals surface area (Å²) in [4.78, 5) is 2.38. The second-order valence-corrected chi connectivity index (χ2v) is 4.57. The molecule has 0 radical (unpaired) electrons. The van der Waals surface area contributed by atoms with Gasteiger partial charge in [0, 0.05) is 38.8 Å². The summed E-state index contributed by atoms with van der Waals surface area (Å²) in [6, 6.07) is 0.537. The molecular formula is C12H26N2O2. The highest BCUT2D eigenvalue weighted by Crippen LogP contribution is 2.14. The molecule has 96 valence electrons. The van der Waals surface area contributed by atoms with Crippen molar-refractivity contribution in [1.29, 1.82) is 0 Å². The van der Waals surface area contributed by atoms with E-state index in [1.807, 2.05) is 0 Å². The molecule has 0 saturated carbocycles. The standard InChI is InChI=1S/C12H26N2O2/c1-4-13-12-10-16-9-11(12)8-14(2)6-5-7-15-3/h11-13H,4-10H2,1-3H3.